The monoisotopic (exact) mass is 342 g/mol. The van der Waals surface area contributed by atoms with Gasteiger partial charge in [-0.05, 0) is 24.3 Å². The molecule has 5 nitrogen and oxygen atoms in total. The van der Waals surface area contributed by atoms with Crippen molar-refractivity contribution in [1.82, 2.24) is 5.43 Å². The van der Waals surface area contributed by atoms with Crippen molar-refractivity contribution < 1.29 is 18.7 Å². The minimum absolute atomic E-state index is 0.106. The van der Waals surface area contributed by atoms with Crippen LogP contribution in [0.1, 0.15) is 29.8 Å². The lowest BCUT2D eigenvalue weighted by Crippen LogP contribution is -2.26. The predicted molar refractivity (Wildman–Crippen MR) is 92.7 cm³/mol. The average Bonchev–Trinajstić information content (AvgIpc) is 2.75. The van der Waals surface area contributed by atoms with Gasteiger partial charge in [-0.15, -0.1) is 0 Å². The van der Waals surface area contributed by atoms with Gasteiger partial charge in [-0.1, -0.05) is 32.0 Å². The highest BCUT2D eigenvalue weighted by Crippen LogP contribution is 2.34. The lowest BCUT2D eigenvalue weighted by molar-refractivity contribution is 0.0954. The zero-order valence-electron chi connectivity index (χ0n) is 14.1. The molecule has 0 saturated carbocycles. The van der Waals surface area contributed by atoms with Crippen molar-refractivity contribution in [3.63, 3.8) is 0 Å². The number of carbonyl (C=O) groups is 1. The van der Waals surface area contributed by atoms with E-state index in [1.54, 1.807) is 36.4 Å². The first-order chi connectivity index (χ1) is 11.9. The van der Waals surface area contributed by atoms with Crippen LogP contribution in [0.15, 0.2) is 47.6 Å². The molecule has 1 heterocycles. The van der Waals surface area contributed by atoms with E-state index in [-0.39, 0.29) is 5.41 Å². The van der Waals surface area contributed by atoms with E-state index >= 15 is 0 Å². The summed E-state index contributed by atoms with van der Waals surface area (Å²) < 4.78 is 25.0. The van der Waals surface area contributed by atoms with E-state index in [4.69, 9.17) is 9.47 Å². The molecular formula is C19H19FN2O3. The summed E-state index contributed by atoms with van der Waals surface area (Å²) in [6.07, 6.45) is 1.26. The van der Waals surface area contributed by atoms with Crippen molar-refractivity contribution in [3.8, 4) is 11.5 Å². The molecule has 1 aliphatic rings. The Kier molecular flexibility index (Phi) is 4.70. The maximum atomic E-state index is 13.5. The molecule has 0 fully saturated rings. The second-order valence-electron chi connectivity index (χ2n) is 6.62. The second kappa shape index (κ2) is 6.93. The van der Waals surface area contributed by atoms with Gasteiger partial charge in [0.15, 0.2) is 11.5 Å². The fourth-order valence-corrected chi connectivity index (χ4v) is 2.27. The van der Waals surface area contributed by atoms with Gasteiger partial charge in [-0.3, -0.25) is 4.79 Å². The number of amides is 1. The molecule has 2 aromatic carbocycles. The minimum atomic E-state index is -0.414. The number of rotatable bonds is 3. The summed E-state index contributed by atoms with van der Waals surface area (Å²) >= 11 is 0. The molecule has 25 heavy (non-hydrogen) atoms. The highest BCUT2D eigenvalue weighted by Gasteiger charge is 2.25. The van der Waals surface area contributed by atoms with Gasteiger partial charge in [0.2, 0.25) is 0 Å². The van der Waals surface area contributed by atoms with E-state index in [9.17, 15) is 9.18 Å². The molecule has 0 atom stereocenters. The van der Waals surface area contributed by atoms with Crippen LogP contribution in [0.3, 0.4) is 0 Å². The molecule has 0 aliphatic carbocycles. The lowest BCUT2D eigenvalue weighted by atomic mass is 9.97. The minimum Gasteiger partial charge on any atom is -0.489 e. The summed E-state index contributed by atoms with van der Waals surface area (Å²) in [6, 6.07) is 11.1. The maximum Gasteiger partial charge on any atom is 0.271 e. The maximum absolute atomic E-state index is 13.5. The van der Waals surface area contributed by atoms with Gasteiger partial charge in [0, 0.05) is 16.5 Å². The van der Waals surface area contributed by atoms with Crippen molar-refractivity contribution in [2.24, 2.45) is 10.5 Å². The topological polar surface area (TPSA) is 59.9 Å². The number of fused-ring (bicyclic) bond motifs is 1. The summed E-state index contributed by atoms with van der Waals surface area (Å²) in [5.74, 6) is 0.314. The molecule has 0 spiro atoms. The molecule has 0 radical (unpaired) electrons. The van der Waals surface area contributed by atoms with Gasteiger partial charge >= 0.3 is 0 Å². The summed E-state index contributed by atoms with van der Waals surface area (Å²) in [6.45, 7) is 5.13. The number of hydrogen-bond donors (Lipinski definition) is 1. The quantitative estimate of drug-likeness (QED) is 0.687. The van der Waals surface area contributed by atoms with Crippen LogP contribution < -0.4 is 14.9 Å². The van der Waals surface area contributed by atoms with Crippen LogP contribution in [0.25, 0.3) is 0 Å². The Morgan fingerprint density at radius 3 is 2.64 bits per heavy atom. The fraction of sp³-hybridized carbons (Fsp3) is 0.263. The summed E-state index contributed by atoms with van der Waals surface area (Å²) in [5.41, 5.74) is 2.95. The fourth-order valence-electron chi connectivity index (χ4n) is 2.27. The van der Waals surface area contributed by atoms with Gasteiger partial charge in [0.25, 0.3) is 5.91 Å². The molecule has 0 bridgehead atoms. The van der Waals surface area contributed by atoms with E-state index in [1.807, 2.05) is 13.8 Å². The zero-order chi connectivity index (χ0) is 17.9. The largest absolute Gasteiger partial charge is 0.489 e. The molecule has 6 heteroatoms. The lowest BCUT2D eigenvalue weighted by Gasteiger charge is -2.19. The molecule has 3 rings (SSSR count). The molecule has 1 aliphatic heterocycles. The number of benzene rings is 2. The van der Waals surface area contributed by atoms with Gasteiger partial charge in [0.1, 0.15) is 5.82 Å². The first-order valence-electron chi connectivity index (χ1n) is 7.92. The molecule has 0 aromatic heterocycles. The molecule has 130 valence electrons. The Balaban J connectivity index is 1.69. The van der Waals surface area contributed by atoms with E-state index in [1.165, 1.54) is 12.3 Å². The number of halogens is 1. The van der Waals surface area contributed by atoms with Crippen LogP contribution in [0.2, 0.25) is 0 Å². The van der Waals surface area contributed by atoms with Crippen molar-refractivity contribution in [2.45, 2.75) is 13.8 Å². The van der Waals surface area contributed by atoms with Crippen LogP contribution in [-0.4, -0.2) is 25.3 Å². The molecule has 0 unspecified atom stereocenters. The smallest absolute Gasteiger partial charge is 0.271 e. The Morgan fingerprint density at radius 1 is 1.16 bits per heavy atom. The molecule has 1 amide bonds. The Labute approximate surface area is 145 Å². The first-order valence-corrected chi connectivity index (χ1v) is 7.92. The first kappa shape index (κ1) is 17.0. The number of carbonyl (C=O) groups excluding carboxylic acids is 1. The Morgan fingerprint density at radius 2 is 1.88 bits per heavy atom. The predicted octanol–water partition coefficient (Wildman–Crippen LogP) is 3.39. The SMILES string of the molecule is CC1(C)COc2ccc(C(=O)N/N=C/c3ccccc3F)cc2OC1. The summed E-state index contributed by atoms with van der Waals surface area (Å²) in [4.78, 5) is 12.2. The molecule has 2 aromatic rings. The highest BCUT2D eigenvalue weighted by atomic mass is 19.1. The molecule has 0 saturated heterocycles. The number of hydrogen-bond acceptors (Lipinski definition) is 4. The molecule has 1 N–H and O–H groups in total. The molecular weight excluding hydrogens is 323 g/mol. The third-order valence-electron chi connectivity index (χ3n) is 3.72. The van der Waals surface area contributed by atoms with Crippen molar-refractivity contribution in [2.75, 3.05) is 13.2 Å². The van der Waals surface area contributed by atoms with Gasteiger partial charge in [-0.2, -0.15) is 5.10 Å². The normalized spacial score (nSPS) is 15.6. The van der Waals surface area contributed by atoms with Crippen molar-refractivity contribution in [3.05, 3.63) is 59.4 Å². The Bertz CT molecular complexity index is 818. The van der Waals surface area contributed by atoms with E-state index in [2.05, 4.69) is 10.5 Å². The van der Waals surface area contributed by atoms with E-state index in [0.29, 0.717) is 35.8 Å². The van der Waals surface area contributed by atoms with Gasteiger partial charge in [-0.25, -0.2) is 9.82 Å². The summed E-state index contributed by atoms with van der Waals surface area (Å²) in [5, 5.41) is 3.80. The van der Waals surface area contributed by atoms with Crippen molar-refractivity contribution in [1.29, 1.82) is 0 Å². The standard InChI is InChI=1S/C19H19FN2O3/c1-19(2)11-24-16-8-7-13(9-17(16)25-12-19)18(23)22-21-10-14-5-3-4-6-15(14)20/h3-10H,11-12H2,1-2H3,(H,22,23)/b21-10+. The van der Waals surface area contributed by atoms with Gasteiger partial charge in [0.05, 0.1) is 19.4 Å². The Hall–Kier alpha value is -2.89. The third-order valence-corrected chi connectivity index (χ3v) is 3.72. The van der Waals surface area contributed by atoms with Crippen LogP contribution in [0.4, 0.5) is 4.39 Å². The van der Waals surface area contributed by atoms with Crippen molar-refractivity contribution >= 4 is 12.1 Å². The van der Waals surface area contributed by atoms with Crippen LogP contribution in [-0.2, 0) is 0 Å². The number of ether oxygens (including phenoxy) is 2. The number of nitrogens with zero attached hydrogens (tertiary/aromatic N) is 1. The number of nitrogens with one attached hydrogen (secondary N) is 1. The van der Waals surface area contributed by atoms with E-state index < -0.39 is 11.7 Å². The van der Waals surface area contributed by atoms with Crippen LogP contribution in [0.5, 0.6) is 11.5 Å². The highest BCUT2D eigenvalue weighted by molar-refractivity contribution is 5.95. The number of hydrazone groups is 1. The average molecular weight is 342 g/mol. The van der Waals surface area contributed by atoms with Crippen LogP contribution in [0, 0.1) is 11.2 Å². The summed E-state index contributed by atoms with van der Waals surface area (Å²) in [7, 11) is 0. The zero-order valence-corrected chi connectivity index (χ0v) is 14.1. The van der Waals surface area contributed by atoms with Crippen LogP contribution >= 0.6 is 0 Å². The van der Waals surface area contributed by atoms with Gasteiger partial charge < -0.3 is 9.47 Å². The third kappa shape index (κ3) is 4.15. The van der Waals surface area contributed by atoms with E-state index in [0.717, 1.165) is 0 Å². The second-order valence-corrected chi connectivity index (χ2v) is 6.62.